The third kappa shape index (κ3) is 5.86. The van der Waals surface area contributed by atoms with Crippen molar-refractivity contribution in [3.05, 3.63) is 24.3 Å². The van der Waals surface area contributed by atoms with Crippen LogP contribution in [0.2, 0.25) is 0 Å². The minimum atomic E-state index is -0.702. The van der Waals surface area contributed by atoms with Gasteiger partial charge in [0, 0.05) is 0 Å². The Bertz CT molecular complexity index is 150. The molecule has 0 saturated carbocycles. The van der Waals surface area contributed by atoms with Crippen LogP contribution in [-0.4, -0.2) is 10.7 Å². The van der Waals surface area contributed by atoms with Crippen molar-refractivity contribution in [1.82, 2.24) is 0 Å². The molecular weight excluding hydrogens is 136 g/mol. The van der Waals surface area contributed by atoms with Crippen LogP contribution in [0.25, 0.3) is 0 Å². The number of hydrogen-bond acceptors (Lipinski definition) is 1. The molecule has 0 saturated heterocycles. The Labute approximate surface area is 69.4 Å². The first-order valence-corrected chi connectivity index (χ1v) is 3.97. The summed E-state index contributed by atoms with van der Waals surface area (Å²) in [5.74, 6) is 0. The lowest BCUT2D eigenvalue weighted by Crippen LogP contribution is -2.19. The Hall–Kier alpha value is -0.560. The van der Waals surface area contributed by atoms with E-state index in [0.29, 0.717) is 0 Å². The van der Waals surface area contributed by atoms with E-state index in [1.807, 2.05) is 0 Å². The van der Waals surface area contributed by atoms with Crippen LogP contribution in [-0.2, 0) is 0 Å². The molecule has 11 heavy (non-hydrogen) atoms. The summed E-state index contributed by atoms with van der Waals surface area (Å²) in [4.78, 5) is 0. The summed E-state index contributed by atoms with van der Waals surface area (Å²) in [6, 6.07) is 0. The van der Waals surface area contributed by atoms with Crippen molar-refractivity contribution < 1.29 is 5.11 Å². The second-order valence-corrected chi connectivity index (χ2v) is 3.38. The van der Waals surface area contributed by atoms with Crippen molar-refractivity contribution in [1.29, 1.82) is 0 Å². The fourth-order valence-electron chi connectivity index (χ4n) is 0.755. The van der Waals surface area contributed by atoms with Crippen LogP contribution in [0.5, 0.6) is 0 Å². The van der Waals surface area contributed by atoms with Gasteiger partial charge in [-0.3, -0.25) is 0 Å². The van der Waals surface area contributed by atoms with E-state index in [1.165, 1.54) is 5.57 Å². The first-order chi connectivity index (χ1) is 4.98. The minimum absolute atomic E-state index is 0.702. The van der Waals surface area contributed by atoms with Crippen LogP contribution in [0.4, 0.5) is 0 Å². The maximum atomic E-state index is 9.49. The molecule has 1 nitrogen and oxygen atoms in total. The van der Waals surface area contributed by atoms with E-state index in [9.17, 15) is 5.11 Å². The van der Waals surface area contributed by atoms with Gasteiger partial charge in [-0.1, -0.05) is 17.7 Å². The molecule has 1 heteroatoms. The van der Waals surface area contributed by atoms with Crippen molar-refractivity contribution in [2.75, 3.05) is 0 Å². The normalized spacial score (nSPS) is 15.3. The van der Waals surface area contributed by atoms with E-state index in [-0.39, 0.29) is 0 Å². The zero-order valence-electron chi connectivity index (χ0n) is 7.72. The summed E-state index contributed by atoms with van der Waals surface area (Å²) in [6.45, 7) is 9.45. The third-order valence-electron chi connectivity index (χ3n) is 1.64. The molecule has 0 spiro atoms. The molecule has 0 bridgehead atoms. The SMILES string of the molecule is C=C[C@@](C)(O)CCC=C(C)C. The molecule has 0 aromatic carbocycles. The Morgan fingerprint density at radius 2 is 2.09 bits per heavy atom. The molecule has 0 amide bonds. The van der Waals surface area contributed by atoms with Gasteiger partial charge in [-0.2, -0.15) is 0 Å². The van der Waals surface area contributed by atoms with Crippen LogP contribution in [0, 0.1) is 0 Å². The van der Waals surface area contributed by atoms with Gasteiger partial charge in [-0.15, -0.1) is 6.58 Å². The van der Waals surface area contributed by atoms with Gasteiger partial charge < -0.3 is 5.11 Å². The molecule has 0 rings (SSSR count). The van der Waals surface area contributed by atoms with Gasteiger partial charge in [0.1, 0.15) is 0 Å². The van der Waals surface area contributed by atoms with E-state index in [1.54, 1.807) is 13.0 Å². The highest BCUT2D eigenvalue weighted by atomic mass is 16.3. The standard InChI is InChI=1S/C10H18O/c1-5-10(4,11)8-6-7-9(2)3/h5,7,11H,1,6,8H2,2-4H3/t10-/m1/s1. The largest absolute Gasteiger partial charge is 0.386 e. The van der Waals surface area contributed by atoms with E-state index >= 15 is 0 Å². The topological polar surface area (TPSA) is 20.2 Å². The lowest BCUT2D eigenvalue weighted by atomic mass is 10.00. The summed E-state index contributed by atoms with van der Waals surface area (Å²) >= 11 is 0. The maximum Gasteiger partial charge on any atom is 0.0800 e. The predicted octanol–water partition coefficient (Wildman–Crippen LogP) is 2.67. The first kappa shape index (κ1) is 10.4. The van der Waals surface area contributed by atoms with Crippen molar-refractivity contribution in [2.24, 2.45) is 0 Å². The van der Waals surface area contributed by atoms with Gasteiger partial charge in [0.15, 0.2) is 0 Å². The Morgan fingerprint density at radius 3 is 2.45 bits per heavy atom. The highest BCUT2D eigenvalue weighted by Gasteiger charge is 2.12. The summed E-state index contributed by atoms with van der Waals surface area (Å²) in [5, 5.41) is 9.49. The monoisotopic (exact) mass is 154 g/mol. The molecule has 0 aliphatic heterocycles. The van der Waals surface area contributed by atoms with Gasteiger partial charge in [-0.05, 0) is 33.6 Å². The smallest absolute Gasteiger partial charge is 0.0800 e. The van der Waals surface area contributed by atoms with Gasteiger partial charge in [-0.25, -0.2) is 0 Å². The van der Waals surface area contributed by atoms with E-state index in [2.05, 4.69) is 26.5 Å². The van der Waals surface area contributed by atoms with Crippen molar-refractivity contribution in [3.8, 4) is 0 Å². The number of aliphatic hydroxyl groups is 1. The number of allylic oxidation sites excluding steroid dienone is 2. The van der Waals surface area contributed by atoms with E-state index in [0.717, 1.165) is 12.8 Å². The molecule has 0 fully saturated rings. The predicted molar refractivity (Wildman–Crippen MR) is 49.5 cm³/mol. The molecule has 0 aliphatic carbocycles. The Balaban J connectivity index is 3.71. The molecule has 0 heterocycles. The fourth-order valence-corrected chi connectivity index (χ4v) is 0.755. The second-order valence-electron chi connectivity index (χ2n) is 3.38. The van der Waals surface area contributed by atoms with E-state index in [4.69, 9.17) is 0 Å². The lowest BCUT2D eigenvalue weighted by Gasteiger charge is -2.16. The van der Waals surface area contributed by atoms with Crippen LogP contribution in [0.15, 0.2) is 24.3 Å². The minimum Gasteiger partial charge on any atom is -0.386 e. The van der Waals surface area contributed by atoms with Crippen LogP contribution < -0.4 is 0 Å². The van der Waals surface area contributed by atoms with Crippen LogP contribution >= 0.6 is 0 Å². The zero-order chi connectivity index (χ0) is 8.91. The van der Waals surface area contributed by atoms with Crippen LogP contribution in [0.1, 0.15) is 33.6 Å². The molecule has 0 unspecified atom stereocenters. The van der Waals surface area contributed by atoms with Gasteiger partial charge in [0.2, 0.25) is 0 Å². The highest BCUT2D eigenvalue weighted by Crippen LogP contribution is 2.13. The summed E-state index contributed by atoms with van der Waals surface area (Å²) in [7, 11) is 0. The summed E-state index contributed by atoms with van der Waals surface area (Å²) < 4.78 is 0. The second kappa shape index (κ2) is 4.35. The quantitative estimate of drug-likeness (QED) is 0.617. The highest BCUT2D eigenvalue weighted by molar-refractivity contribution is 4.97. The van der Waals surface area contributed by atoms with Gasteiger partial charge in [0.05, 0.1) is 5.60 Å². The molecule has 0 aromatic rings. The van der Waals surface area contributed by atoms with Crippen molar-refractivity contribution in [3.63, 3.8) is 0 Å². The van der Waals surface area contributed by atoms with Gasteiger partial charge >= 0.3 is 0 Å². The van der Waals surface area contributed by atoms with Crippen molar-refractivity contribution in [2.45, 2.75) is 39.2 Å². The summed E-state index contributed by atoms with van der Waals surface area (Å²) in [6.07, 6.45) is 5.38. The van der Waals surface area contributed by atoms with Crippen molar-refractivity contribution >= 4 is 0 Å². The average Bonchev–Trinajstić information content (AvgIpc) is 1.87. The molecular formula is C10H18O. The molecule has 64 valence electrons. The zero-order valence-corrected chi connectivity index (χ0v) is 7.72. The Kier molecular flexibility index (Phi) is 4.12. The molecule has 0 aromatic heterocycles. The third-order valence-corrected chi connectivity index (χ3v) is 1.64. The molecule has 0 radical (unpaired) electrons. The summed E-state index contributed by atoms with van der Waals surface area (Å²) in [5.41, 5.74) is 0.594. The molecule has 1 atom stereocenters. The Morgan fingerprint density at radius 1 is 1.55 bits per heavy atom. The first-order valence-electron chi connectivity index (χ1n) is 3.97. The molecule has 0 aliphatic rings. The number of rotatable bonds is 4. The fraction of sp³-hybridized carbons (Fsp3) is 0.600. The van der Waals surface area contributed by atoms with Gasteiger partial charge in [0.25, 0.3) is 0 Å². The lowest BCUT2D eigenvalue weighted by molar-refractivity contribution is 0.103. The van der Waals surface area contributed by atoms with E-state index < -0.39 is 5.60 Å². The maximum absolute atomic E-state index is 9.49. The van der Waals surface area contributed by atoms with Crippen LogP contribution in [0.3, 0.4) is 0 Å². The molecule has 1 N–H and O–H groups in total. The number of hydrogen-bond donors (Lipinski definition) is 1. The average molecular weight is 154 g/mol.